The summed E-state index contributed by atoms with van der Waals surface area (Å²) in [7, 11) is 2.07. The molecule has 1 aliphatic rings. The number of hydrogen-bond donors (Lipinski definition) is 1. The molecule has 2 heterocycles. The summed E-state index contributed by atoms with van der Waals surface area (Å²) in [5.74, 6) is -0.299. The molecule has 6 heteroatoms. The Morgan fingerprint density at radius 3 is 2.80 bits per heavy atom. The Kier molecular flexibility index (Phi) is 3.40. The van der Waals surface area contributed by atoms with Crippen molar-refractivity contribution in [2.24, 2.45) is 0 Å². The van der Waals surface area contributed by atoms with Crippen LogP contribution in [0.1, 0.15) is 23.3 Å². The molecule has 106 valence electrons. The minimum atomic E-state index is -0.299. The van der Waals surface area contributed by atoms with Crippen molar-refractivity contribution in [1.29, 1.82) is 0 Å². The zero-order chi connectivity index (χ0) is 14.1. The lowest BCUT2D eigenvalue weighted by atomic mass is 10.1. The summed E-state index contributed by atoms with van der Waals surface area (Å²) in [5.41, 5.74) is 0.475. The molecule has 0 unspecified atom stereocenters. The van der Waals surface area contributed by atoms with E-state index >= 15 is 0 Å². The van der Waals surface area contributed by atoms with Crippen LogP contribution in [0.3, 0.4) is 0 Å². The van der Waals surface area contributed by atoms with E-state index in [-0.39, 0.29) is 22.5 Å². The molecular formula is C14H17FN4O. The van der Waals surface area contributed by atoms with Gasteiger partial charge < -0.3 is 10.2 Å². The molecule has 0 radical (unpaired) electrons. The van der Waals surface area contributed by atoms with Crippen molar-refractivity contribution in [2.45, 2.75) is 18.9 Å². The Morgan fingerprint density at radius 2 is 2.05 bits per heavy atom. The first kappa shape index (κ1) is 13.1. The molecule has 20 heavy (non-hydrogen) atoms. The van der Waals surface area contributed by atoms with Gasteiger partial charge in [-0.3, -0.25) is 4.79 Å². The third-order valence-corrected chi connectivity index (χ3v) is 3.81. The van der Waals surface area contributed by atoms with Crippen LogP contribution in [0.15, 0.2) is 24.3 Å². The van der Waals surface area contributed by atoms with E-state index < -0.39 is 0 Å². The van der Waals surface area contributed by atoms with Crippen LogP contribution in [0, 0.1) is 0 Å². The first-order valence-corrected chi connectivity index (χ1v) is 6.78. The first-order chi connectivity index (χ1) is 9.65. The summed E-state index contributed by atoms with van der Waals surface area (Å²) in [5, 5.41) is 7.19. The van der Waals surface area contributed by atoms with E-state index in [2.05, 4.69) is 22.4 Å². The number of para-hydroxylation sites is 1. The smallest absolute Gasteiger partial charge is 0.272 e. The standard InChI is InChI=1S/C14H17FN4O/c1-18-8-6-10(7-9-18)16-14(20)13-11-4-2-3-5-12(11)19(15)17-13/h2-5,10H,6-9H2,1H3,(H,16,20). The van der Waals surface area contributed by atoms with E-state index in [9.17, 15) is 9.28 Å². The van der Waals surface area contributed by atoms with E-state index in [0.29, 0.717) is 10.9 Å². The van der Waals surface area contributed by atoms with E-state index in [4.69, 9.17) is 0 Å². The Balaban J connectivity index is 1.79. The molecule has 5 nitrogen and oxygen atoms in total. The number of carbonyl (C=O) groups excluding carboxylic acids is 1. The molecule has 1 N–H and O–H groups in total. The van der Waals surface area contributed by atoms with Crippen molar-refractivity contribution in [3.8, 4) is 0 Å². The Hall–Kier alpha value is -1.95. The highest BCUT2D eigenvalue weighted by atomic mass is 19.2. The van der Waals surface area contributed by atoms with Gasteiger partial charge in [-0.05, 0) is 39.0 Å². The molecule has 1 fully saturated rings. The monoisotopic (exact) mass is 276 g/mol. The third kappa shape index (κ3) is 2.38. The highest BCUT2D eigenvalue weighted by Gasteiger charge is 2.22. The van der Waals surface area contributed by atoms with Gasteiger partial charge in [0, 0.05) is 11.4 Å². The number of rotatable bonds is 2. The maximum atomic E-state index is 13.6. The molecule has 1 aromatic carbocycles. The number of nitrogens with zero attached hydrogens (tertiary/aromatic N) is 3. The van der Waals surface area contributed by atoms with Crippen LogP contribution in [-0.4, -0.2) is 47.0 Å². The van der Waals surface area contributed by atoms with Gasteiger partial charge in [0.25, 0.3) is 5.91 Å². The second-order valence-corrected chi connectivity index (χ2v) is 5.28. The molecule has 0 spiro atoms. The van der Waals surface area contributed by atoms with Gasteiger partial charge in [0.1, 0.15) is 5.52 Å². The van der Waals surface area contributed by atoms with Gasteiger partial charge in [0.15, 0.2) is 5.69 Å². The minimum Gasteiger partial charge on any atom is -0.348 e. The predicted octanol–water partition coefficient (Wildman–Crippen LogP) is 1.59. The molecule has 3 rings (SSSR count). The van der Waals surface area contributed by atoms with Crippen molar-refractivity contribution in [3.63, 3.8) is 0 Å². The van der Waals surface area contributed by atoms with Gasteiger partial charge in [-0.1, -0.05) is 27.6 Å². The molecule has 1 aliphatic heterocycles. The molecule has 1 aromatic heterocycles. The largest absolute Gasteiger partial charge is 0.348 e. The van der Waals surface area contributed by atoms with Crippen LogP contribution in [0.25, 0.3) is 10.9 Å². The highest BCUT2D eigenvalue weighted by Crippen LogP contribution is 2.19. The van der Waals surface area contributed by atoms with Crippen LogP contribution in [0.4, 0.5) is 4.48 Å². The van der Waals surface area contributed by atoms with Crippen LogP contribution in [0.2, 0.25) is 0 Å². The number of benzene rings is 1. The zero-order valence-electron chi connectivity index (χ0n) is 11.3. The fourth-order valence-electron chi connectivity index (χ4n) is 2.60. The van der Waals surface area contributed by atoms with Crippen molar-refractivity contribution in [2.75, 3.05) is 20.1 Å². The Labute approximate surface area is 116 Å². The highest BCUT2D eigenvalue weighted by molar-refractivity contribution is 6.04. The Morgan fingerprint density at radius 1 is 1.35 bits per heavy atom. The van der Waals surface area contributed by atoms with E-state index in [1.807, 2.05) is 0 Å². The van der Waals surface area contributed by atoms with Crippen molar-refractivity contribution in [1.82, 2.24) is 20.2 Å². The lowest BCUT2D eigenvalue weighted by Gasteiger charge is -2.29. The number of likely N-dealkylation sites (tertiary alicyclic amines) is 1. The quantitative estimate of drug-likeness (QED) is 0.906. The normalized spacial score (nSPS) is 17.5. The topological polar surface area (TPSA) is 50.2 Å². The first-order valence-electron chi connectivity index (χ1n) is 6.78. The van der Waals surface area contributed by atoms with Crippen molar-refractivity contribution in [3.05, 3.63) is 30.0 Å². The number of carbonyl (C=O) groups is 1. The van der Waals surface area contributed by atoms with Gasteiger partial charge in [-0.15, -0.1) is 5.10 Å². The fourth-order valence-corrected chi connectivity index (χ4v) is 2.60. The zero-order valence-corrected chi connectivity index (χ0v) is 11.3. The van der Waals surface area contributed by atoms with Crippen LogP contribution >= 0.6 is 0 Å². The molecule has 0 bridgehead atoms. The van der Waals surface area contributed by atoms with Crippen LogP contribution < -0.4 is 5.32 Å². The summed E-state index contributed by atoms with van der Waals surface area (Å²) in [6, 6.07) is 6.95. The van der Waals surface area contributed by atoms with E-state index in [1.165, 1.54) is 0 Å². The van der Waals surface area contributed by atoms with Gasteiger partial charge >= 0.3 is 0 Å². The fraction of sp³-hybridized carbons (Fsp3) is 0.429. The van der Waals surface area contributed by atoms with E-state index in [0.717, 1.165) is 25.9 Å². The molecule has 0 saturated carbocycles. The maximum Gasteiger partial charge on any atom is 0.272 e. The predicted molar refractivity (Wildman–Crippen MR) is 74.2 cm³/mol. The number of amides is 1. The second kappa shape index (κ2) is 5.20. The van der Waals surface area contributed by atoms with Crippen molar-refractivity contribution < 1.29 is 9.28 Å². The van der Waals surface area contributed by atoms with Gasteiger partial charge in [-0.25, -0.2) is 0 Å². The van der Waals surface area contributed by atoms with Crippen LogP contribution in [0.5, 0.6) is 0 Å². The average molecular weight is 276 g/mol. The van der Waals surface area contributed by atoms with Gasteiger partial charge in [0.05, 0.1) is 0 Å². The minimum absolute atomic E-state index is 0.141. The van der Waals surface area contributed by atoms with Gasteiger partial charge in [0.2, 0.25) is 0 Å². The number of nitrogens with one attached hydrogen (secondary N) is 1. The van der Waals surface area contributed by atoms with Crippen LogP contribution in [-0.2, 0) is 0 Å². The molecular weight excluding hydrogens is 259 g/mol. The number of fused-ring (bicyclic) bond motifs is 1. The average Bonchev–Trinajstić information content (AvgIpc) is 2.79. The summed E-state index contributed by atoms with van der Waals surface area (Å²) in [4.78, 5) is 14.7. The molecule has 1 amide bonds. The maximum absolute atomic E-state index is 13.6. The molecule has 0 aliphatic carbocycles. The molecule has 1 saturated heterocycles. The summed E-state index contributed by atoms with van der Waals surface area (Å²) in [6.07, 6.45) is 1.83. The molecule has 2 aromatic rings. The van der Waals surface area contributed by atoms with Crippen molar-refractivity contribution >= 4 is 16.8 Å². The summed E-state index contributed by atoms with van der Waals surface area (Å²) < 4.78 is 13.6. The summed E-state index contributed by atoms with van der Waals surface area (Å²) >= 11 is 0. The molecule has 0 atom stereocenters. The van der Waals surface area contributed by atoms with E-state index in [1.54, 1.807) is 24.3 Å². The number of aromatic nitrogens is 2. The van der Waals surface area contributed by atoms with Gasteiger partial charge in [-0.2, -0.15) is 0 Å². The second-order valence-electron chi connectivity index (χ2n) is 5.28. The Bertz CT molecular complexity index is 631. The third-order valence-electron chi connectivity index (χ3n) is 3.81. The number of hydrogen-bond acceptors (Lipinski definition) is 3. The number of halogens is 1. The number of piperidine rings is 1. The summed E-state index contributed by atoms with van der Waals surface area (Å²) in [6.45, 7) is 1.92. The lowest BCUT2D eigenvalue weighted by molar-refractivity contribution is 0.0910. The lowest BCUT2D eigenvalue weighted by Crippen LogP contribution is -2.43. The SMILES string of the molecule is CN1CCC(NC(=O)c2nn(F)c3ccccc23)CC1.